The van der Waals surface area contributed by atoms with Crippen LogP contribution in [0.4, 0.5) is 0 Å². The minimum atomic E-state index is 1.10. The summed E-state index contributed by atoms with van der Waals surface area (Å²) in [5, 5.41) is 0. The van der Waals surface area contributed by atoms with Crippen molar-refractivity contribution in [2.24, 2.45) is 0 Å². The zero-order valence-corrected chi connectivity index (χ0v) is 24.2. The highest BCUT2D eigenvalue weighted by Gasteiger charge is 2.00. The average Bonchev–Trinajstić information content (AvgIpc) is 3.00. The Morgan fingerprint density at radius 3 is 1.61 bits per heavy atom. The van der Waals surface area contributed by atoms with Gasteiger partial charge in [0.25, 0.3) is 0 Å². The van der Waals surface area contributed by atoms with E-state index in [4.69, 9.17) is 0 Å². The Balaban J connectivity index is 0. The third-order valence-electron chi connectivity index (χ3n) is 4.39. The summed E-state index contributed by atoms with van der Waals surface area (Å²) in [6.07, 6.45) is 22.1. The molecule has 4 rings (SSSR count). The predicted molar refractivity (Wildman–Crippen MR) is 170 cm³/mol. The van der Waals surface area contributed by atoms with Crippen LogP contribution in [0.2, 0.25) is 0 Å². The lowest BCUT2D eigenvalue weighted by atomic mass is 9.98. The molecule has 0 N–H and O–H groups in total. The molecule has 0 heterocycles. The fourth-order valence-corrected chi connectivity index (χ4v) is 2.64. The van der Waals surface area contributed by atoms with E-state index in [1.807, 2.05) is 62.4 Å². The molecule has 0 unspecified atom stereocenters. The van der Waals surface area contributed by atoms with Crippen LogP contribution in [0, 0.1) is 0 Å². The summed E-state index contributed by atoms with van der Waals surface area (Å²) >= 11 is 0. The van der Waals surface area contributed by atoms with Crippen LogP contribution in [0.3, 0.4) is 0 Å². The van der Waals surface area contributed by atoms with Crippen LogP contribution >= 0.6 is 0 Å². The third-order valence-corrected chi connectivity index (χ3v) is 4.39. The first-order valence-corrected chi connectivity index (χ1v) is 12.6. The first-order chi connectivity index (χ1) is 18.6. The van der Waals surface area contributed by atoms with Gasteiger partial charge >= 0.3 is 0 Å². The maximum atomic E-state index is 4.25. The van der Waals surface area contributed by atoms with E-state index in [0.717, 1.165) is 5.57 Å². The number of rotatable bonds is 3. The van der Waals surface area contributed by atoms with Crippen molar-refractivity contribution in [3.05, 3.63) is 157 Å². The SMILES string of the molecule is C/C=C\C.C1=C=C(c2ccccc2)C=CC=1.C1=CCCC(c2ccccc2)=C1.C=CC=C.COC.COC. The largest absolute Gasteiger partial charge is 0.388 e. The lowest BCUT2D eigenvalue weighted by Crippen LogP contribution is -1.86. The molecule has 2 aromatic rings. The van der Waals surface area contributed by atoms with Gasteiger partial charge in [-0.05, 0) is 55.5 Å². The molecule has 0 aromatic heterocycles. The van der Waals surface area contributed by atoms with E-state index < -0.39 is 0 Å². The molecule has 2 aliphatic carbocycles. The molecule has 202 valence electrons. The Hall–Kier alpha value is -3.90. The Bertz CT molecular complexity index is 1040. The molecule has 2 aliphatic rings. The van der Waals surface area contributed by atoms with E-state index in [9.17, 15) is 0 Å². The summed E-state index contributed by atoms with van der Waals surface area (Å²) in [7, 11) is 6.50. The van der Waals surface area contributed by atoms with E-state index in [1.54, 1.807) is 40.6 Å². The average molecular weight is 511 g/mol. The van der Waals surface area contributed by atoms with Gasteiger partial charge in [-0.3, -0.25) is 0 Å². The summed E-state index contributed by atoms with van der Waals surface area (Å²) in [6.45, 7) is 10.7. The van der Waals surface area contributed by atoms with Crippen molar-refractivity contribution in [3.8, 4) is 0 Å². The van der Waals surface area contributed by atoms with E-state index >= 15 is 0 Å². The monoisotopic (exact) mass is 510 g/mol. The van der Waals surface area contributed by atoms with Gasteiger partial charge in [-0.1, -0.05) is 134 Å². The summed E-state index contributed by atoms with van der Waals surface area (Å²) in [4.78, 5) is 0. The Labute approximate surface area is 232 Å². The Morgan fingerprint density at radius 2 is 1.24 bits per heavy atom. The second-order valence-corrected chi connectivity index (χ2v) is 7.55. The summed E-state index contributed by atoms with van der Waals surface area (Å²) < 4.78 is 8.50. The minimum absolute atomic E-state index is 1.10. The van der Waals surface area contributed by atoms with E-state index in [1.165, 1.54) is 29.5 Å². The topological polar surface area (TPSA) is 18.5 Å². The summed E-state index contributed by atoms with van der Waals surface area (Å²) in [5.74, 6) is 0. The first-order valence-electron chi connectivity index (χ1n) is 12.6. The molecule has 0 saturated carbocycles. The smallest absolute Gasteiger partial charge is 0.0351 e. The number of methoxy groups -OCH3 is 2. The lowest BCUT2D eigenvalue weighted by Gasteiger charge is -2.08. The predicted octanol–water partition coefficient (Wildman–Crippen LogP) is 9.84. The van der Waals surface area contributed by atoms with Crippen molar-refractivity contribution in [2.75, 3.05) is 28.4 Å². The number of benzene rings is 2. The molecule has 0 fully saturated rings. The lowest BCUT2D eigenvalue weighted by molar-refractivity contribution is 0.277. The van der Waals surface area contributed by atoms with Crippen LogP contribution < -0.4 is 0 Å². The standard InChI is InChI=1S/C12H12.C12H8.C4H8.C4H6.2C2H6O/c2*1-3-7-11(8-4-1)12-9-5-2-6-10-12;2*1-3-4-2;2*1-3-2/h1-5,7-9H,6,10H2;1-5,7-9H;3-4H,1-2H3;3-4H,1-2H2;2*1-2H3/b;;4-3-;;;. The Morgan fingerprint density at radius 1 is 0.737 bits per heavy atom. The van der Waals surface area contributed by atoms with Gasteiger partial charge in [0.15, 0.2) is 0 Å². The molecule has 0 atom stereocenters. The molecular formula is C36H46O2. The van der Waals surface area contributed by atoms with Crippen LogP contribution in [0.25, 0.3) is 11.1 Å². The van der Waals surface area contributed by atoms with Crippen LogP contribution in [-0.4, -0.2) is 28.4 Å². The van der Waals surface area contributed by atoms with Crippen molar-refractivity contribution >= 4 is 11.1 Å². The highest BCUT2D eigenvalue weighted by atomic mass is 16.5. The van der Waals surface area contributed by atoms with E-state index in [-0.39, 0.29) is 0 Å². The van der Waals surface area contributed by atoms with Crippen LogP contribution in [0.15, 0.2) is 146 Å². The van der Waals surface area contributed by atoms with Gasteiger partial charge in [-0.25, -0.2) is 0 Å². The van der Waals surface area contributed by atoms with Crippen LogP contribution in [-0.2, 0) is 9.47 Å². The quantitative estimate of drug-likeness (QED) is 0.232. The molecule has 0 amide bonds. The molecule has 0 radical (unpaired) electrons. The van der Waals surface area contributed by atoms with E-state index in [0.29, 0.717) is 0 Å². The van der Waals surface area contributed by atoms with Gasteiger partial charge in [-0.15, -0.1) is 0 Å². The van der Waals surface area contributed by atoms with Crippen LogP contribution in [0.5, 0.6) is 0 Å². The molecule has 0 aliphatic heterocycles. The second-order valence-electron chi connectivity index (χ2n) is 7.55. The minimum Gasteiger partial charge on any atom is -0.388 e. The normalized spacial score (nSPS) is 11.6. The highest BCUT2D eigenvalue weighted by molar-refractivity contribution is 5.74. The van der Waals surface area contributed by atoms with Crippen molar-refractivity contribution in [1.29, 1.82) is 0 Å². The van der Waals surface area contributed by atoms with Crippen molar-refractivity contribution < 1.29 is 9.47 Å². The van der Waals surface area contributed by atoms with Gasteiger partial charge in [0.05, 0.1) is 0 Å². The fourth-order valence-electron chi connectivity index (χ4n) is 2.64. The maximum absolute atomic E-state index is 4.25. The van der Waals surface area contributed by atoms with Crippen molar-refractivity contribution in [2.45, 2.75) is 26.7 Å². The molecule has 2 heteroatoms. The second kappa shape index (κ2) is 29.3. The molecule has 2 nitrogen and oxygen atoms in total. The van der Waals surface area contributed by atoms with Gasteiger partial charge in [0.1, 0.15) is 0 Å². The molecule has 38 heavy (non-hydrogen) atoms. The van der Waals surface area contributed by atoms with Gasteiger partial charge in [0.2, 0.25) is 0 Å². The Kier molecular flexibility index (Phi) is 28.0. The molecule has 0 spiro atoms. The van der Waals surface area contributed by atoms with Gasteiger partial charge in [0, 0.05) is 34.0 Å². The number of hydrogen-bond donors (Lipinski definition) is 0. The zero-order valence-electron chi connectivity index (χ0n) is 24.2. The number of ether oxygens (including phenoxy) is 2. The van der Waals surface area contributed by atoms with Gasteiger partial charge in [-0.2, -0.15) is 0 Å². The van der Waals surface area contributed by atoms with Gasteiger partial charge < -0.3 is 9.47 Å². The van der Waals surface area contributed by atoms with Crippen molar-refractivity contribution in [1.82, 2.24) is 0 Å². The first kappa shape index (κ1) is 36.3. The number of hydrogen-bond acceptors (Lipinski definition) is 2. The molecule has 0 saturated heterocycles. The summed E-state index contributed by atoms with van der Waals surface area (Å²) in [5.41, 5.74) is 11.1. The fraction of sp³-hybridized carbons (Fsp3) is 0.222. The molecule has 0 bridgehead atoms. The third kappa shape index (κ3) is 21.4. The maximum Gasteiger partial charge on any atom is 0.0351 e. The molecule has 2 aromatic carbocycles. The molecular weight excluding hydrogens is 464 g/mol. The van der Waals surface area contributed by atoms with E-state index in [2.05, 4.69) is 94.8 Å². The van der Waals surface area contributed by atoms with Crippen molar-refractivity contribution in [3.63, 3.8) is 0 Å². The summed E-state index contributed by atoms with van der Waals surface area (Å²) in [6, 6.07) is 20.8. The number of allylic oxidation sites excluding steroid dienone is 12. The zero-order chi connectivity index (χ0) is 28.7. The van der Waals surface area contributed by atoms with Crippen LogP contribution in [0.1, 0.15) is 37.8 Å². The highest BCUT2D eigenvalue weighted by Crippen LogP contribution is 2.22.